The van der Waals surface area contributed by atoms with E-state index < -0.39 is 29.2 Å². The number of thioether (sulfide) groups is 1. The molecule has 0 aliphatic carbocycles. The summed E-state index contributed by atoms with van der Waals surface area (Å²) in [6.45, 7) is 12.1. The monoisotopic (exact) mass is 1100 g/mol. The highest BCUT2D eigenvalue weighted by molar-refractivity contribution is 7.99. The maximum atomic E-state index is 15.0. The highest BCUT2D eigenvalue weighted by atomic mass is 35.5. The van der Waals surface area contributed by atoms with Crippen LogP contribution < -0.4 is 32.3 Å². The van der Waals surface area contributed by atoms with Gasteiger partial charge in [-0.1, -0.05) is 68.0 Å². The number of aromatic nitrogens is 4. The van der Waals surface area contributed by atoms with Gasteiger partial charge in [0, 0.05) is 58.9 Å². The van der Waals surface area contributed by atoms with Crippen LogP contribution in [0, 0.1) is 18.2 Å². The maximum absolute atomic E-state index is 15.0. The Morgan fingerprint density at radius 2 is 1.72 bits per heavy atom. The molecule has 0 spiro atoms. The zero-order valence-electron chi connectivity index (χ0n) is 42.6. The number of nitrogens with one attached hydrogen (secondary N) is 3. The summed E-state index contributed by atoms with van der Waals surface area (Å²) >= 11 is 11.4. The number of halogens is 2. The maximum Gasteiger partial charge on any atom is 0.350 e. The second kappa shape index (κ2) is 22.4. The number of ether oxygens (including phenoxy) is 3. The molecule has 22 heteroatoms. The van der Waals surface area contributed by atoms with Gasteiger partial charge < -0.3 is 45.7 Å². The molecule has 3 fully saturated rings. The third-order valence-electron chi connectivity index (χ3n) is 14.5. The van der Waals surface area contributed by atoms with Crippen LogP contribution in [0.3, 0.4) is 0 Å². The van der Waals surface area contributed by atoms with Crippen molar-refractivity contribution in [3.63, 3.8) is 0 Å². The summed E-state index contributed by atoms with van der Waals surface area (Å²) in [6.07, 6.45) is 3.32. The molecule has 7 heterocycles. The molecule has 6 aromatic rings. The summed E-state index contributed by atoms with van der Waals surface area (Å²) in [5.41, 5.74) is 12.3. The quantitative estimate of drug-likeness (QED) is 0.0615. The third kappa shape index (κ3) is 11.1. The van der Waals surface area contributed by atoms with Gasteiger partial charge in [0.15, 0.2) is 5.13 Å². The standard InChI is InChI=1S/C53H62ClFN10O7S3/c1-28(30-8-10-31(11-9-30)44-29(2)57-27-74-44)58-49(67)39-7-6-16-64(39)50(68)47(53(3,4)5)60-40(66)25-72-20-18-70-17-19-71-24-34-26-73-46-41(35-14-15-38(55)45-42(35)61-51(56)75-45)37(54)21-36-43(46)65(34)52(69)62-48(36)63-22-32-12-13-33(23-63)59-32/h8-11,14-15,21,27-28,32-34,39,47,59H,6-7,12-13,16-20,22-26H2,1-5H3,(H2,56,61)(H,58,67)(H,60,66)/t28-,32?,33?,34-,39-,47+/m0/s1. The van der Waals surface area contributed by atoms with Crippen molar-refractivity contribution < 1.29 is 33.0 Å². The highest BCUT2D eigenvalue weighted by Gasteiger charge is 2.42. The van der Waals surface area contributed by atoms with Crippen molar-refractivity contribution in [2.45, 2.75) is 101 Å². The number of piperazine rings is 1. The lowest BCUT2D eigenvalue weighted by Gasteiger charge is -2.36. The lowest BCUT2D eigenvalue weighted by atomic mass is 9.85. The van der Waals surface area contributed by atoms with Crippen molar-refractivity contribution in [1.29, 1.82) is 0 Å². The summed E-state index contributed by atoms with van der Waals surface area (Å²) in [7, 11) is 0. The molecule has 398 valence electrons. The minimum atomic E-state index is -0.890. The number of amides is 3. The first kappa shape index (κ1) is 53.2. The van der Waals surface area contributed by atoms with Gasteiger partial charge in [0.25, 0.3) is 0 Å². The van der Waals surface area contributed by atoms with Crippen LogP contribution in [0.1, 0.15) is 76.7 Å². The molecule has 3 saturated heterocycles. The van der Waals surface area contributed by atoms with Crippen LogP contribution in [0.5, 0.6) is 0 Å². The first-order valence-electron chi connectivity index (χ1n) is 25.4. The van der Waals surface area contributed by atoms with Gasteiger partial charge in [-0.05, 0) is 74.3 Å². The van der Waals surface area contributed by atoms with E-state index >= 15 is 4.39 Å². The summed E-state index contributed by atoms with van der Waals surface area (Å²) in [5.74, 6) is -0.331. The van der Waals surface area contributed by atoms with Gasteiger partial charge in [-0.2, -0.15) is 4.98 Å². The number of anilines is 2. The minimum absolute atomic E-state index is 0.122. The number of carbonyl (C=O) groups is 3. The number of rotatable bonds is 18. The normalized spacial score (nSPS) is 20.3. The van der Waals surface area contributed by atoms with Gasteiger partial charge in [0.2, 0.25) is 17.7 Å². The van der Waals surface area contributed by atoms with Crippen LogP contribution in [-0.4, -0.2) is 131 Å². The van der Waals surface area contributed by atoms with Crippen molar-refractivity contribution in [2.75, 3.05) is 75.7 Å². The molecule has 10 rings (SSSR count). The summed E-state index contributed by atoms with van der Waals surface area (Å²) in [6, 6.07) is 11.4. The zero-order chi connectivity index (χ0) is 52.7. The molecule has 75 heavy (non-hydrogen) atoms. The SMILES string of the molecule is Cc1ncsc1-c1ccc([C@H](C)NC(=O)[C@@H]2CCCN2C(=O)[C@@H](NC(=O)COCCOCCOC[C@H]2CSc3c(-c4ccc(F)c5sc(N)nc45)c(Cl)cc4c(N5CC6CCC(C5)N6)nc(=O)n2c34)C(C)(C)C)cc1. The molecular formula is C53H62ClFN10O7S3. The number of hydrogen-bond acceptors (Lipinski definition) is 16. The van der Waals surface area contributed by atoms with Crippen LogP contribution in [0.15, 0.2) is 57.7 Å². The summed E-state index contributed by atoms with van der Waals surface area (Å²) in [5, 5.41) is 11.1. The summed E-state index contributed by atoms with van der Waals surface area (Å²) < 4.78 is 34.6. The van der Waals surface area contributed by atoms with Crippen LogP contribution in [0.4, 0.5) is 15.3 Å². The number of fused-ring (bicyclic) bond motifs is 3. The van der Waals surface area contributed by atoms with Crippen molar-refractivity contribution in [2.24, 2.45) is 5.41 Å². The predicted octanol–water partition coefficient (Wildman–Crippen LogP) is 7.52. The van der Waals surface area contributed by atoms with Crippen molar-refractivity contribution in [3.05, 3.63) is 80.6 Å². The number of likely N-dealkylation sites (tertiary alicyclic amines) is 1. The first-order valence-corrected chi connectivity index (χ1v) is 28.5. The van der Waals surface area contributed by atoms with E-state index in [-0.39, 0.29) is 74.4 Å². The minimum Gasteiger partial charge on any atom is -0.377 e. The van der Waals surface area contributed by atoms with Gasteiger partial charge >= 0.3 is 5.69 Å². The first-order chi connectivity index (χ1) is 36.0. The van der Waals surface area contributed by atoms with E-state index in [2.05, 4.69) is 30.8 Å². The average Bonchev–Trinajstić information content (AvgIpc) is 4.21. The van der Waals surface area contributed by atoms with E-state index in [4.69, 9.17) is 36.5 Å². The Hall–Kier alpha value is -5.26. The van der Waals surface area contributed by atoms with E-state index in [1.807, 2.05) is 70.5 Å². The fraction of sp³-hybridized carbons (Fsp3) is 0.491. The Morgan fingerprint density at radius 1 is 0.987 bits per heavy atom. The average molecular weight is 1100 g/mol. The molecule has 2 bridgehead atoms. The molecule has 6 atom stereocenters. The molecular weight excluding hydrogens is 1040 g/mol. The topological polar surface area (TPSA) is 208 Å². The second-order valence-electron chi connectivity index (χ2n) is 20.8. The number of nitrogens with two attached hydrogens (primary N) is 1. The Labute approximate surface area is 451 Å². The molecule has 0 radical (unpaired) electrons. The molecule has 3 aromatic carbocycles. The Balaban J connectivity index is 0.716. The van der Waals surface area contributed by atoms with Crippen molar-refractivity contribution in [3.8, 4) is 21.6 Å². The molecule has 4 aliphatic rings. The van der Waals surface area contributed by atoms with Crippen molar-refractivity contribution >= 4 is 95.8 Å². The molecule has 5 N–H and O–H groups in total. The van der Waals surface area contributed by atoms with Crippen molar-refractivity contribution in [1.82, 2.24) is 40.4 Å². The van der Waals surface area contributed by atoms with Crippen LogP contribution in [-0.2, 0) is 28.6 Å². The smallest absolute Gasteiger partial charge is 0.350 e. The molecule has 3 aromatic heterocycles. The molecule has 4 aliphatic heterocycles. The van der Waals surface area contributed by atoms with Crippen LogP contribution >= 0.6 is 46.0 Å². The number of aryl methyl sites for hydroxylation is 1. The molecule has 2 unspecified atom stereocenters. The number of thiazole rings is 2. The Kier molecular flexibility index (Phi) is 15.9. The van der Waals surface area contributed by atoms with Gasteiger partial charge in [-0.25, -0.2) is 19.2 Å². The number of nitrogens with zero attached hydrogens (tertiary/aromatic N) is 6. The number of benzene rings is 3. The number of hydrogen-bond donors (Lipinski definition) is 4. The molecule has 17 nitrogen and oxygen atoms in total. The zero-order valence-corrected chi connectivity index (χ0v) is 45.8. The van der Waals surface area contributed by atoms with Crippen LogP contribution in [0.25, 0.3) is 42.7 Å². The second-order valence-corrected chi connectivity index (χ2v) is 24.1. The lowest BCUT2D eigenvalue weighted by Crippen LogP contribution is -2.58. The van der Waals surface area contributed by atoms with E-state index in [0.29, 0.717) is 74.9 Å². The van der Waals surface area contributed by atoms with E-state index in [1.54, 1.807) is 38.6 Å². The fourth-order valence-electron chi connectivity index (χ4n) is 10.8. The third-order valence-corrected chi connectivity index (χ3v) is 17.9. The van der Waals surface area contributed by atoms with E-state index in [1.165, 1.54) is 6.07 Å². The number of carbonyl (C=O) groups excluding carboxylic acids is 3. The summed E-state index contributed by atoms with van der Waals surface area (Å²) in [4.78, 5) is 74.6. The van der Waals surface area contributed by atoms with Gasteiger partial charge in [0.1, 0.15) is 30.3 Å². The van der Waals surface area contributed by atoms with Crippen LogP contribution in [0.2, 0.25) is 5.02 Å². The van der Waals surface area contributed by atoms with E-state index in [0.717, 1.165) is 69.2 Å². The lowest BCUT2D eigenvalue weighted by molar-refractivity contribution is -0.144. The fourth-order valence-corrected chi connectivity index (χ4v) is 14.0. The van der Waals surface area contributed by atoms with E-state index in [9.17, 15) is 19.2 Å². The number of nitrogen functional groups attached to an aromatic ring is 1. The molecule has 0 saturated carbocycles. The highest BCUT2D eigenvalue weighted by Crippen LogP contribution is 2.50. The largest absolute Gasteiger partial charge is 0.377 e. The Bertz CT molecular complexity index is 3170. The molecule has 3 amide bonds. The van der Waals surface area contributed by atoms with Gasteiger partial charge in [-0.3, -0.25) is 19.0 Å². The Morgan fingerprint density at radius 3 is 2.44 bits per heavy atom. The van der Waals surface area contributed by atoms with Gasteiger partial charge in [0.05, 0.1) is 82.0 Å². The predicted molar refractivity (Wildman–Crippen MR) is 293 cm³/mol. The van der Waals surface area contributed by atoms with Gasteiger partial charge in [-0.15, -0.1) is 23.1 Å².